The van der Waals surface area contributed by atoms with Crippen molar-refractivity contribution >= 4 is 11.9 Å². The van der Waals surface area contributed by atoms with Gasteiger partial charge in [-0.2, -0.15) is 0 Å². The zero-order chi connectivity index (χ0) is 18.9. The molecule has 0 heterocycles. The molecule has 4 unspecified atom stereocenters. The van der Waals surface area contributed by atoms with Gasteiger partial charge >= 0.3 is 11.9 Å². The molecular formula is C19H34O5. The van der Waals surface area contributed by atoms with Crippen molar-refractivity contribution < 1.29 is 24.2 Å². The number of rotatable bonds is 11. The van der Waals surface area contributed by atoms with Crippen molar-refractivity contribution in [3.63, 3.8) is 0 Å². The largest absolute Gasteiger partial charge is 0.462 e. The molecule has 4 atom stereocenters. The molecule has 0 fully saturated rings. The molecule has 0 aliphatic heterocycles. The second kappa shape index (κ2) is 10.5. The van der Waals surface area contributed by atoms with Crippen LogP contribution in [0.25, 0.3) is 0 Å². The van der Waals surface area contributed by atoms with E-state index in [0.717, 1.165) is 19.3 Å². The highest BCUT2D eigenvalue weighted by Gasteiger charge is 2.40. The Kier molecular flexibility index (Phi) is 9.90. The molecule has 0 aliphatic carbocycles. The van der Waals surface area contributed by atoms with Gasteiger partial charge in [0.1, 0.15) is 19.3 Å². The molecule has 24 heavy (non-hydrogen) atoms. The topological polar surface area (TPSA) is 72.8 Å². The van der Waals surface area contributed by atoms with Gasteiger partial charge in [0.25, 0.3) is 0 Å². The molecule has 5 heteroatoms. The number of aliphatic hydroxyl groups is 1. The summed E-state index contributed by atoms with van der Waals surface area (Å²) in [7, 11) is 0. The molecule has 0 amide bonds. The van der Waals surface area contributed by atoms with Crippen molar-refractivity contribution in [2.45, 2.75) is 66.9 Å². The van der Waals surface area contributed by atoms with Crippen LogP contribution in [0, 0.1) is 17.3 Å². The lowest BCUT2D eigenvalue weighted by molar-refractivity contribution is -0.164. The highest BCUT2D eigenvalue weighted by molar-refractivity contribution is 5.86. The average Bonchev–Trinajstić information content (AvgIpc) is 2.55. The fourth-order valence-corrected chi connectivity index (χ4v) is 2.48. The van der Waals surface area contributed by atoms with E-state index in [2.05, 4.69) is 34.3 Å². The van der Waals surface area contributed by atoms with Crippen LogP contribution in [0.4, 0.5) is 0 Å². The molecule has 5 nitrogen and oxygen atoms in total. The summed E-state index contributed by atoms with van der Waals surface area (Å²) in [4.78, 5) is 23.9. The molecule has 140 valence electrons. The number of hydrogen-bond acceptors (Lipinski definition) is 5. The minimum absolute atomic E-state index is 0.178. The first-order valence-corrected chi connectivity index (χ1v) is 8.76. The van der Waals surface area contributed by atoms with Crippen molar-refractivity contribution in [3.05, 3.63) is 12.2 Å². The molecule has 0 aliphatic rings. The minimum atomic E-state index is -1.04. The molecule has 0 saturated carbocycles. The summed E-state index contributed by atoms with van der Waals surface area (Å²) in [6.45, 7) is 14.9. The van der Waals surface area contributed by atoms with Gasteiger partial charge in [-0.15, -0.1) is 0 Å². The predicted molar refractivity (Wildman–Crippen MR) is 94.4 cm³/mol. The van der Waals surface area contributed by atoms with Crippen LogP contribution in [0.1, 0.15) is 60.8 Å². The summed E-state index contributed by atoms with van der Waals surface area (Å²) in [5, 5.41) is 9.83. The van der Waals surface area contributed by atoms with Crippen LogP contribution in [0.15, 0.2) is 12.2 Å². The van der Waals surface area contributed by atoms with E-state index in [1.807, 2.05) is 6.92 Å². The van der Waals surface area contributed by atoms with Crippen molar-refractivity contribution in [3.8, 4) is 0 Å². The molecule has 0 radical (unpaired) electrons. The molecule has 0 saturated heterocycles. The Morgan fingerprint density at radius 1 is 1.12 bits per heavy atom. The van der Waals surface area contributed by atoms with Crippen LogP contribution in [-0.4, -0.2) is 36.4 Å². The monoisotopic (exact) mass is 342 g/mol. The van der Waals surface area contributed by atoms with E-state index < -0.39 is 17.5 Å². The van der Waals surface area contributed by atoms with Gasteiger partial charge in [-0.3, -0.25) is 4.79 Å². The summed E-state index contributed by atoms with van der Waals surface area (Å²) in [5.74, 6) is -0.278. The van der Waals surface area contributed by atoms with E-state index in [-0.39, 0.29) is 30.7 Å². The van der Waals surface area contributed by atoms with Crippen LogP contribution >= 0.6 is 0 Å². The number of carbonyl (C=O) groups is 2. The molecule has 0 rings (SSSR count). The van der Waals surface area contributed by atoms with Crippen LogP contribution in [-0.2, 0) is 19.1 Å². The molecule has 0 aromatic carbocycles. The van der Waals surface area contributed by atoms with Gasteiger partial charge in [0.05, 0.1) is 5.41 Å². The Morgan fingerprint density at radius 3 is 2.12 bits per heavy atom. The molecule has 0 bridgehead atoms. The Morgan fingerprint density at radius 2 is 1.67 bits per heavy atom. The van der Waals surface area contributed by atoms with E-state index in [4.69, 9.17) is 9.47 Å². The number of aliphatic hydroxyl groups excluding tert-OH is 1. The van der Waals surface area contributed by atoms with Crippen LogP contribution in [0.5, 0.6) is 0 Å². The Bertz CT molecular complexity index is 431. The quantitative estimate of drug-likeness (QED) is 0.459. The predicted octanol–water partition coefficient (Wildman–Crippen LogP) is 3.50. The zero-order valence-corrected chi connectivity index (χ0v) is 16.1. The van der Waals surface area contributed by atoms with Crippen molar-refractivity contribution in [2.24, 2.45) is 17.3 Å². The van der Waals surface area contributed by atoms with Gasteiger partial charge in [0, 0.05) is 5.57 Å². The highest BCUT2D eigenvalue weighted by Crippen LogP contribution is 2.38. The van der Waals surface area contributed by atoms with E-state index >= 15 is 0 Å². The van der Waals surface area contributed by atoms with E-state index in [1.54, 1.807) is 0 Å². The van der Waals surface area contributed by atoms with Crippen LogP contribution in [0.2, 0.25) is 0 Å². The van der Waals surface area contributed by atoms with Crippen molar-refractivity contribution in [1.29, 1.82) is 0 Å². The normalized spacial score (nSPS) is 17.3. The summed E-state index contributed by atoms with van der Waals surface area (Å²) in [6, 6.07) is 0. The first-order valence-electron chi connectivity index (χ1n) is 8.76. The second-order valence-corrected chi connectivity index (χ2v) is 7.08. The maximum atomic E-state index is 12.6. The Balaban J connectivity index is 4.66. The van der Waals surface area contributed by atoms with Crippen LogP contribution in [0.3, 0.4) is 0 Å². The Hall–Kier alpha value is -1.36. The lowest BCUT2D eigenvalue weighted by atomic mass is 9.71. The first kappa shape index (κ1) is 22.6. The van der Waals surface area contributed by atoms with E-state index in [1.165, 1.54) is 6.92 Å². The fraction of sp³-hybridized carbons (Fsp3) is 0.789. The third-order valence-corrected chi connectivity index (χ3v) is 4.80. The first-order chi connectivity index (χ1) is 11.1. The SMILES string of the molecule is C=C(C)C(=O)OCC(O)COC(=O)C(C)(CC(C)CC)C(C)CC. The molecule has 0 spiro atoms. The lowest BCUT2D eigenvalue weighted by Crippen LogP contribution is -2.39. The van der Waals surface area contributed by atoms with Gasteiger partial charge < -0.3 is 14.6 Å². The second-order valence-electron chi connectivity index (χ2n) is 7.08. The number of carbonyl (C=O) groups excluding carboxylic acids is 2. The van der Waals surface area contributed by atoms with Crippen molar-refractivity contribution in [1.82, 2.24) is 0 Å². The zero-order valence-electron chi connectivity index (χ0n) is 16.1. The third-order valence-electron chi connectivity index (χ3n) is 4.80. The summed E-state index contributed by atoms with van der Waals surface area (Å²) >= 11 is 0. The lowest BCUT2D eigenvalue weighted by Gasteiger charge is -2.35. The summed E-state index contributed by atoms with van der Waals surface area (Å²) in [5.41, 5.74) is -0.324. The van der Waals surface area contributed by atoms with Crippen molar-refractivity contribution in [2.75, 3.05) is 13.2 Å². The van der Waals surface area contributed by atoms with E-state index in [9.17, 15) is 14.7 Å². The number of esters is 2. The van der Waals surface area contributed by atoms with Gasteiger partial charge in [0.15, 0.2) is 0 Å². The van der Waals surface area contributed by atoms with Gasteiger partial charge in [0.2, 0.25) is 0 Å². The third kappa shape index (κ3) is 7.04. The van der Waals surface area contributed by atoms with Crippen LogP contribution < -0.4 is 0 Å². The number of hydrogen-bond donors (Lipinski definition) is 1. The average molecular weight is 342 g/mol. The summed E-state index contributed by atoms with van der Waals surface area (Å²) < 4.78 is 10.2. The van der Waals surface area contributed by atoms with Gasteiger partial charge in [-0.1, -0.05) is 47.1 Å². The van der Waals surface area contributed by atoms with Gasteiger partial charge in [-0.05, 0) is 32.1 Å². The minimum Gasteiger partial charge on any atom is -0.462 e. The number of ether oxygens (including phenoxy) is 2. The standard InChI is InChI=1S/C19H34O5/c1-8-14(5)10-19(7,15(6)9-2)18(22)24-12-16(20)11-23-17(21)13(3)4/h14-16,20H,3,8-12H2,1-2,4-7H3. The molecular weight excluding hydrogens is 308 g/mol. The molecule has 0 aromatic rings. The van der Waals surface area contributed by atoms with E-state index in [0.29, 0.717) is 5.92 Å². The maximum absolute atomic E-state index is 12.6. The fourth-order valence-electron chi connectivity index (χ4n) is 2.48. The maximum Gasteiger partial charge on any atom is 0.333 e. The molecule has 1 N–H and O–H groups in total. The highest BCUT2D eigenvalue weighted by atomic mass is 16.6. The Labute approximate surface area is 146 Å². The smallest absolute Gasteiger partial charge is 0.333 e. The molecule has 0 aromatic heterocycles. The summed E-state index contributed by atoms with van der Waals surface area (Å²) in [6.07, 6.45) is 1.58. The van der Waals surface area contributed by atoms with Gasteiger partial charge in [-0.25, -0.2) is 4.79 Å².